The van der Waals surface area contributed by atoms with Crippen molar-refractivity contribution in [3.8, 4) is 0 Å². The van der Waals surface area contributed by atoms with Gasteiger partial charge < -0.3 is 9.13 Å². The van der Waals surface area contributed by atoms with Gasteiger partial charge in [0.2, 0.25) is 0 Å². The molecular formula is C17H27N5. The van der Waals surface area contributed by atoms with Gasteiger partial charge in [-0.3, -0.25) is 4.90 Å². The Bertz CT molecular complexity index is 579. The molecule has 0 unspecified atom stereocenters. The smallest absolute Gasteiger partial charge is 0.105 e. The average Bonchev–Trinajstić information content (AvgIpc) is 3.15. The minimum Gasteiger partial charge on any atom is -0.334 e. The summed E-state index contributed by atoms with van der Waals surface area (Å²) in [5.74, 6) is 1.08. The summed E-state index contributed by atoms with van der Waals surface area (Å²) in [5.41, 5.74) is 1.34. The molecule has 0 atom stereocenters. The van der Waals surface area contributed by atoms with Gasteiger partial charge in [-0.15, -0.1) is 0 Å². The van der Waals surface area contributed by atoms with E-state index in [4.69, 9.17) is 0 Å². The third-order valence-corrected chi connectivity index (χ3v) is 4.79. The lowest BCUT2D eigenvalue weighted by atomic mass is 9.95. The molecule has 1 fully saturated rings. The van der Waals surface area contributed by atoms with Crippen molar-refractivity contribution < 1.29 is 0 Å². The molecule has 0 aliphatic heterocycles. The van der Waals surface area contributed by atoms with Crippen LogP contribution in [0.15, 0.2) is 24.9 Å². The molecule has 3 rings (SSSR count). The maximum Gasteiger partial charge on any atom is 0.105 e. The predicted molar refractivity (Wildman–Crippen MR) is 87.6 cm³/mol. The quantitative estimate of drug-likeness (QED) is 0.823. The highest BCUT2D eigenvalue weighted by Gasteiger charge is 2.18. The molecule has 1 saturated carbocycles. The Labute approximate surface area is 133 Å². The van der Waals surface area contributed by atoms with E-state index in [9.17, 15) is 0 Å². The second kappa shape index (κ2) is 7.09. The van der Waals surface area contributed by atoms with Crippen molar-refractivity contribution in [2.45, 2.75) is 58.2 Å². The van der Waals surface area contributed by atoms with E-state index in [-0.39, 0.29) is 0 Å². The fourth-order valence-electron chi connectivity index (χ4n) is 3.42. The van der Waals surface area contributed by atoms with E-state index < -0.39 is 0 Å². The molecule has 0 amide bonds. The van der Waals surface area contributed by atoms with Gasteiger partial charge >= 0.3 is 0 Å². The number of likely N-dealkylation sites (N-methyl/N-ethyl adjacent to an activating group) is 1. The summed E-state index contributed by atoms with van der Waals surface area (Å²) in [6.07, 6.45) is 14.7. The Balaban J connectivity index is 1.56. The largest absolute Gasteiger partial charge is 0.334 e. The Morgan fingerprint density at radius 3 is 2.82 bits per heavy atom. The summed E-state index contributed by atoms with van der Waals surface area (Å²) >= 11 is 0. The van der Waals surface area contributed by atoms with Crippen molar-refractivity contribution in [1.82, 2.24) is 24.0 Å². The summed E-state index contributed by atoms with van der Waals surface area (Å²) in [5, 5.41) is 0. The van der Waals surface area contributed by atoms with Crippen molar-refractivity contribution >= 4 is 0 Å². The van der Waals surface area contributed by atoms with Gasteiger partial charge in [0.25, 0.3) is 0 Å². The summed E-state index contributed by atoms with van der Waals surface area (Å²) in [6.45, 7) is 5.02. The van der Waals surface area contributed by atoms with E-state index in [0.29, 0.717) is 6.04 Å². The first kappa shape index (κ1) is 15.3. The second-order valence-corrected chi connectivity index (χ2v) is 6.49. The highest BCUT2D eigenvalue weighted by molar-refractivity contribution is 5.01. The lowest BCUT2D eigenvalue weighted by molar-refractivity contribution is 0.286. The van der Waals surface area contributed by atoms with Crippen LogP contribution in [0.4, 0.5) is 0 Å². The molecule has 2 aromatic rings. The number of aromatic nitrogens is 4. The zero-order chi connectivity index (χ0) is 15.4. The summed E-state index contributed by atoms with van der Waals surface area (Å²) < 4.78 is 4.62. The first-order valence-electron chi connectivity index (χ1n) is 8.41. The molecule has 120 valence electrons. The summed E-state index contributed by atoms with van der Waals surface area (Å²) in [4.78, 5) is 11.0. The van der Waals surface area contributed by atoms with Gasteiger partial charge in [-0.2, -0.15) is 0 Å². The van der Waals surface area contributed by atoms with Crippen LogP contribution in [0.5, 0.6) is 0 Å². The van der Waals surface area contributed by atoms with Gasteiger partial charge in [0.15, 0.2) is 0 Å². The maximum atomic E-state index is 4.40. The lowest BCUT2D eigenvalue weighted by Crippen LogP contribution is -2.25. The molecule has 0 aromatic carbocycles. The molecule has 0 spiro atoms. The summed E-state index contributed by atoms with van der Waals surface area (Å²) in [6, 6.07) is 0.663. The first-order chi connectivity index (χ1) is 10.7. The topological polar surface area (TPSA) is 38.9 Å². The van der Waals surface area contributed by atoms with Crippen LogP contribution in [-0.2, 0) is 13.1 Å². The Kier molecular flexibility index (Phi) is 4.93. The van der Waals surface area contributed by atoms with Gasteiger partial charge in [0.05, 0.1) is 12.0 Å². The predicted octanol–water partition coefficient (Wildman–Crippen LogP) is 3.03. The fourth-order valence-corrected chi connectivity index (χ4v) is 3.42. The number of hydrogen-bond donors (Lipinski definition) is 0. The van der Waals surface area contributed by atoms with Gasteiger partial charge in [-0.05, 0) is 26.8 Å². The van der Waals surface area contributed by atoms with Gasteiger partial charge in [-0.1, -0.05) is 19.3 Å². The Morgan fingerprint density at radius 2 is 2.09 bits per heavy atom. The van der Waals surface area contributed by atoms with E-state index >= 15 is 0 Å². The highest BCUT2D eigenvalue weighted by Crippen LogP contribution is 2.29. The molecule has 2 heterocycles. The second-order valence-electron chi connectivity index (χ2n) is 6.49. The van der Waals surface area contributed by atoms with Crippen LogP contribution in [-0.4, -0.2) is 37.6 Å². The number of imidazole rings is 2. The van der Waals surface area contributed by atoms with Crippen LogP contribution in [0.25, 0.3) is 0 Å². The third kappa shape index (κ3) is 3.58. The molecule has 22 heavy (non-hydrogen) atoms. The van der Waals surface area contributed by atoms with Crippen molar-refractivity contribution in [2.75, 3.05) is 13.6 Å². The van der Waals surface area contributed by atoms with E-state index in [0.717, 1.165) is 25.5 Å². The van der Waals surface area contributed by atoms with E-state index in [1.54, 1.807) is 0 Å². The molecule has 0 saturated heterocycles. The lowest BCUT2D eigenvalue weighted by Gasteiger charge is -2.26. The van der Waals surface area contributed by atoms with Crippen LogP contribution in [0, 0.1) is 6.92 Å². The molecule has 0 bridgehead atoms. The molecule has 0 N–H and O–H groups in total. The highest BCUT2D eigenvalue weighted by atomic mass is 15.2. The van der Waals surface area contributed by atoms with Crippen LogP contribution >= 0.6 is 0 Å². The number of hydrogen-bond acceptors (Lipinski definition) is 3. The van der Waals surface area contributed by atoms with Crippen molar-refractivity contribution in [3.05, 3.63) is 36.4 Å². The Hall–Kier alpha value is -1.62. The van der Waals surface area contributed by atoms with Crippen molar-refractivity contribution in [1.29, 1.82) is 0 Å². The van der Waals surface area contributed by atoms with E-state index in [1.165, 1.54) is 37.8 Å². The fraction of sp³-hybridized carbons (Fsp3) is 0.647. The van der Waals surface area contributed by atoms with Gasteiger partial charge in [0.1, 0.15) is 5.82 Å². The van der Waals surface area contributed by atoms with Gasteiger partial charge in [-0.25, -0.2) is 9.97 Å². The number of rotatable bonds is 6. The molecule has 1 aliphatic carbocycles. The molecular weight excluding hydrogens is 274 g/mol. The summed E-state index contributed by atoms with van der Waals surface area (Å²) in [7, 11) is 2.18. The van der Waals surface area contributed by atoms with E-state index in [2.05, 4.69) is 44.2 Å². The van der Waals surface area contributed by atoms with Gasteiger partial charge in [0, 0.05) is 44.3 Å². The van der Waals surface area contributed by atoms with Crippen molar-refractivity contribution in [2.24, 2.45) is 0 Å². The van der Waals surface area contributed by atoms with Crippen LogP contribution < -0.4 is 0 Å². The number of aryl methyl sites for hydroxylation is 1. The zero-order valence-electron chi connectivity index (χ0n) is 13.8. The molecule has 2 aromatic heterocycles. The monoisotopic (exact) mass is 301 g/mol. The van der Waals surface area contributed by atoms with Crippen LogP contribution in [0.2, 0.25) is 0 Å². The third-order valence-electron chi connectivity index (χ3n) is 4.79. The molecule has 5 heteroatoms. The standard InChI is InChI=1S/C17H27N5/c1-15-19-8-9-21(15)11-10-20(2)13-17-12-18-14-22(17)16-6-4-3-5-7-16/h8-9,12,14,16H,3-7,10-11,13H2,1-2H3. The van der Waals surface area contributed by atoms with Crippen LogP contribution in [0.3, 0.4) is 0 Å². The first-order valence-corrected chi connectivity index (χ1v) is 8.41. The Morgan fingerprint density at radius 1 is 1.27 bits per heavy atom. The minimum atomic E-state index is 0.663. The number of nitrogens with zero attached hydrogens (tertiary/aromatic N) is 5. The van der Waals surface area contributed by atoms with E-state index in [1.807, 2.05) is 18.7 Å². The molecule has 1 aliphatic rings. The average molecular weight is 301 g/mol. The normalized spacial score (nSPS) is 16.5. The van der Waals surface area contributed by atoms with Crippen LogP contribution in [0.1, 0.15) is 49.7 Å². The van der Waals surface area contributed by atoms with Crippen molar-refractivity contribution in [3.63, 3.8) is 0 Å². The minimum absolute atomic E-state index is 0.663. The molecule has 0 radical (unpaired) electrons. The maximum absolute atomic E-state index is 4.40. The zero-order valence-corrected chi connectivity index (χ0v) is 13.8. The SMILES string of the molecule is Cc1nccn1CCN(C)Cc1cncn1C1CCCCC1. The molecule has 5 nitrogen and oxygen atoms in total.